The molecule has 2 heteroatoms. The van der Waals surface area contributed by atoms with E-state index >= 15 is 0 Å². The van der Waals surface area contributed by atoms with Gasteiger partial charge in [-0.2, -0.15) is 0 Å². The minimum atomic E-state index is 1.09. The molecule has 0 bridgehead atoms. The zero-order chi connectivity index (χ0) is 39.8. The van der Waals surface area contributed by atoms with Crippen LogP contribution in [-0.4, -0.2) is 0 Å². The fourth-order valence-corrected chi connectivity index (χ4v) is 9.90. The summed E-state index contributed by atoms with van der Waals surface area (Å²) in [4.78, 5) is 2.44. The van der Waals surface area contributed by atoms with E-state index in [2.05, 4.69) is 241 Å². The third-order valence-electron chi connectivity index (χ3n) is 11.7. The van der Waals surface area contributed by atoms with Crippen LogP contribution < -0.4 is 4.90 Å². The Morgan fingerprint density at radius 2 is 0.800 bits per heavy atom. The van der Waals surface area contributed by atoms with E-state index < -0.39 is 0 Å². The van der Waals surface area contributed by atoms with Crippen molar-refractivity contribution >= 4 is 59.3 Å². The second-order valence-electron chi connectivity index (χ2n) is 15.3. The maximum atomic E-state index is 2.44. The Morgan fingerprint density at radius 1 is 0.283 bits per heavy atom. The van der Waals surface area contributed by atoms with Gasteiger partial charge in [0.05, 0.1) is 5.69 Å². The Hall–Kier alpha value is -7.52. The fourth-order valence-electron chi connectivity index (χ4n) is 8.77. The molecule has 11 rings (SSSR count). The van der Waals surface area contributed by atoms with Crippen molar-refractivity contribution in [3.8, 4) is 55.6 Å². The van der Waals surface area contributed by atoms with Crippen molar-refractivity contribution in [1.82, 2.24) is 0 Å². The number of anilines is 3. The molecule has 0 aliphatic heterocycles. The van der Waals surface area contributed by atoms with Crippen LogP contribution in [0.5, 0.6) is 0 Å². The molecule has 0 atom stereocenters. The van der Waals surface area contributed by atoms with E-state index in [0.29, 0.717) is 0 Å². The van der Waals surface area contributed by atoms with Crippen LogP contribution in [0.15, 0.2) is 237 Å². The molecule has 1 aromatic heterocycles. The predicted octanol–water partition coefficient (Wildman–Crippen LogP) is 17.0. The van der Waals surface area contributed by atoms with Crippen LogP contribution >= 0.6 is 11.3 Å². The molecule has 0 unspecified atom stereocenters. The van der Waals surface area contributed by atoms with Crippen molar-refractivity contribution in [2.24, 2.45) is 0 Å². The molecule has 60 heavy (non-hydrogen) atoms. The van der Waals surface area contributed by atoms with Crippen LogP contribution in [0, 0.1) is 0 Å². The van der Waals surface area contributed by atoms with E-state index in [4.69, 9.17) is 0 Å². The molecule has 0 spiro atoms. The van der Waals surface area contributed by atoms with Crippen molar-refractivity contribution in [3.05, 3.63) is 237 Å². The van der Waals surface area contributed by atoms with E-state index in [-0.39, 0.29) is 0 Å². The first kappa shape index (κ1) is 35.6. The van der Waals surface area contributed by atoms with Gasteiger partial charge in [-0.3, -0.25) is 0 Å². The highest BCUT2D eigenvalue weighted by molar-refractivity contribution is 7.25. The normalized spacial score (nSPS) is 11.3. The highest BCUT2D eigenvalue weighted by atomic mass is 32.1. The Bertz CT molecular complexity index is 3310. The first-order chi connectivity index (χ1) is 29.7. The van der Waals surface area contributed by atoms with Crippen LogP contribution in [0.2, 0.25) is 0 Å². The lowest BCUT2D eigenvalue weighted by atomic mass is 9.92. The van der Waals surface area contributed by atoms with E-state index in [0.717, 1.165) is 17.1 Å². The van der Waals surface area contributed by atoms with Crippen LogP contribution in [0.1, 0.15) is 0 Å². The van der Waals surface area contributed by atoms with Gasteiger partial charge in [0, 0.05) is 37.1 Å². The Kier molecular flexibility index (Phi) is 9.11. The molecule has 282 valence electrons. The van der Waals surface area contributed by atoms with Gasteiger partial charge in [0.1, 0.15) is 0 Å². The Labute approximate surface area is 354 Å². The quantitative estimate of drug-likeness (QED) is 0.148. The van der Waals surface area contributed by atoms with Crippen molar-refractivity contribution in [2.45, 2.75) is 0 Å². The molecule has 0 amide bonds. The lowest BCUT2D eigenvalue weighted by Crippen LogP contribution is -2.11. The zero-order valence-electron chi connectivity index (χ0n) is 32.9. The predicted molar refractivity (Wildman–Crippen MR) is 259 cm³/mol. The first-order valence-corrected chi connectivity index (χ1v) is 21.3. The fraction of sp³-hybridized carbons (Fsp3) is 0. The molecular weight excluding hydrogens is 743 g/mol. The van der Waals surface area contributed by atoms with Gasteiger partial charge in [-0.1, -0.05) is 188 Å². The van der Waals surface area contributed by atoms with Gasteiger partial charge >= 0.3 is 0 Å². The summed E-state index contributed by atoms with van der Waals surface area (Å²) in [5.74, 6) is 0. The minimum absolute atomic E-state index is 1.09. The molecule has 1 heterocycles. The van der Waals surface area contributed by atoms with Crippen molar-refractivity contribution in [2.75, 3.05) is 4.90 Å². The minimum Gasteiger partial charge on any atom is -0.310 e. The van der Waals surface area contributed by atoms with Gasteiger partial charge in [-0.05, 0) is 109 Å². The molecule has 0 fully saturated rings. The number of para-hydroxylation sites is 1. The molecular formula is C58H39NS. The van der Waals surface area contributed by atoms with Gasteiger partial charge < -0.3 is 4.90 Å². The molecule has 0 saturated carbocycles. The standard InChI is InChI=1S/C58H39NS/c1-2-14-40(15-3-1)42-28-30-43(31-29-42)44-34-36-48(37-35-44)59(55-25-10-8-22-52(55)53-24-13-27-57-58(53)54-23-9-11-26-56(54)60-57)49-19-12-18-46(39-49)50-20-6-7-21-51(50)47-33-32-41-16-4-5-17-45(41)38-47/h1-39H. The number of hydrogen-bond acceptors (Lipinski definition) is 2. The third kappa shape index (κ3) is 6.54. The molecule has 0 aliphatic rings. The highest BCUT2D eigenvalue weighted by Gasteiger charge is 2.21. The van der Waals surface area contributed by atoms with Crippen molar-refractivity contribution in [1.29, 1.82) is 0 Å². The second-order valence-corrected chi connectivity index (χ2v) is 16.4. The summed E-state index contributed by atoms with van der Waals surface area (Å²) < 4.78 is 2.60. The maximum Gasteiger partial charge on any atom is 0.0540 e. The number of thiophene rings is 1. The summed E-state index contributed by atoms with van der Waals surface area (Å²) in [6.45, 7) is 0. The van der Waals surface area contributed by atoms with Crippen LogP contribution in [0.25, 0.3) is 86.6 Å². The highest BCUT2D eigenvalue weighted by Crippen LogP contribution is 2.47. The van der Waals surface area contributed by atoms with Crippen LogP contribution in [-0.2, 0) is 0 Å². The summed E-state index contributed by atoms with van der Waals surface area (Å²) in [5, 5.41) is 5.09. The number of nitrogens with zero attached hydrogens (tertiary/aromatic N) is 1. The van der Waals surface area contributed by atoms with E-state index in [9.17, 15) is 0 Å². The van der Waals surface area contributed by atoms with Gasteiger partial charge in [0.2, 0.25) is 0 Å². The van der Waals surface area contributed by atoms with Crippen molar-refractivity contribution in [3.63, 3.8) is 0 Å². The number of hydrogen-bond donors (Lipinski definition) is 0. The summed E-state index contributed by atoms with van der Waals surface area (Å²) in [5.41, 5.74) is 15.3. The van der Waals surface area contributed by atoms with Crippen LogP contribution in [0.3, 0.4) is 0 Å². The molecule has 1 nitrogen and oxygen atoms in total. The van der Waals surface area contributed by atoms with E-state index in [1.54, 1.807) is 0 Å². The lowest BCUT2D eigenvalue weighted by Gasteiger charge is -2.29. The number of fused-ring (bicyclic) bond motifs is 4. The molecule has 11 aromatic rings. The lowest BCUT2D eigenvalue weighted by molar-refractivity contribution is 1.28. The Morgan fingerprint density at radius 3 is 1.57 bits per heavy atom. The van der Waals surface area contributed by atoms with Crippen molar-refractivity contribution < 1.29 is 0 Å². The van der Waals surface area contributed by atoms with Gasteiger partial charge in [-0.15, -0.1) is 11.3 Å². The second kappa shape index (κ2) is 15.3. The summed E-state index contributed by atoms with van der Waals surface area (Å²) in [7, 11) is 0. The SMILES string of the molecule is c1ccc(-c2ccc(-c3ccc(N(c4cccc(-c5ccccc5-c5ccc6ccccc6c5)c4)c4ccccc4-c4cccc5sc6ccccc6c45)cc3)cc2)cc1. The molecule has 0 N–H and O–H groups in total. The molecule has 0 radical (unpaired) electrons. The molecule has 10 aromatic carbocycles. The topological polar surface area (TPSA) is 3.24 Å². The smallest absolute Gasteiger partial charge is 0.0540 e. The summed E-state index contributed by atoms with van der Waals surface area (Å²) in [6.07, 6.45) is 0. The van der Waals surface area contributed by atoms with E-state index in [1.807, 2.05) is 11.3 Å². The summed E-state index contributed by atoms with van der Waals surface area (Å²) in [6, 6.07) is 86.2. The maximum absolute atomic E-state index is 2.44. The van der Waals surface area contributed by atoms with E-state index in [1.165, 1.54) is 86.6 Å². The Balaban J connectivity index is 1.06. The monoisotopic (exact) mass is 781 g/mol. The largest absolute Gasteiger partial charge is 0.310 e. The molecule has 0 saturated heterocycles. The number of benzene rings is 10. The third-order valence-corrected chi connectivity index (χ3v) is 12.8. The zero-order valence-corrected chi connectivity index (χ0v) is 33.7. The van der Waals surface area contributed by atoms with Gasteiger partial charge in [0.15, 0.2) is 0 Å². The molecule has 0 aliphatic carbocycles. The van der Waals surface area contributed by atoms with Gasteiger partial charge in [0.25, 0.3) is 0 Å². The number of rotatable bonds is 8. The van der Waals surface area contributed by atoms with Crippen LogP contribution in [0.4, 0.5) is 17.1 Å². The first-order valence-electron chi connectivity index (χ1n) is 20.5. The average Bonchev–Trinajstić information content (AvgIpc) is 3.72. The van der Waals surface area contributed by atoms with Gasteiger partial charge in [-0.25, -0.2) is 0 Å². The summed E-state index contributed by atoms with van der Waals surface area (Å²) >= 11 is 1.86. The average molecular weight is 782 g/mol.